The lowest BCUT2D eigenvalue weighted by Crippen LogP contribution is -2.37. The fourth-order valence-corrected chi connectivity index (χ4v) is 6.67. The summed E-state index contributed by atoms with van der Waals surface area (Å²) in [5.74, 6) is 1.28. The predicted molar refractivity (Wildman–Crippen MR) is 153 cm³/mol. The minimum absolute atomic E-state index is 0.0607. The van der Waals surface area contributed by atoms with Crippen molar-refractivity contribution in [2.45, 2.75) is 24.3 Å². The Hall–Kier alpha value is -3.32. The van der Waals surface area contributed by atoms with Gasteiger partial charge in [-0.1, -0.05) is 21.6 Å². The molecule has 3 rings (SSSR count). The number of ketones is 1. The van der Waals surface area contributed by atoms with E-state index >= 15 is 0 Å². The molecular formula is C25H28N5O6S3+. The van der Waals surface area contributed by atoms with E-state index in [0.717, 1.165) is 22.0 Å². The maximum absolute atomic E-state index is 12.7. The molecule has 1 aliphatic rings. The van der Waals surface area contributed by atoms with Crippen LogP contribution in [0.25, 0.3) is 0 Å². The van der Waals surface area contributed by atoms with Crippen molar-refractivity contribution in [3.8, 4) is 5.75 Å². The summed E-state index contributed by atoms with van der Waals surface area (Å²) in [6.45, 7) is 4.41. The zero-order chi connectivity index (χ0) is 28.2. The number of Topliss-reactive ketones (excluding diaryl/α,β-unsaturated/α-hetero) is 1. The van der Waals surface area contributed by atoms with Crippen molar-refractivity contribution < 1.29 is 28.8 Å². The maximum Gasteiger partial charge on any atom is 0.296 e. The summed E-state index contributed by atoms with van der Waals surface area (Å²) in [7, 11) is 4.64. The highest BCUT2D eigenvalue weighted by atomic mass is 33.1. The number of carbonyl (C=O) groups excluding carboxylic acids is 3. The SMILES string of the molecule is C=[N+]=Nc1ccc(C(=O)NCCSSCCCC(=O)C(=O)N2CCSc3ccc(OC)cc3C2)c([N+](=O)[O-])c1. The molecule has 0 atom stereocenters. The Morgan fingerprint density at radius 3 is 2.77 bits per heavy atom. The average Bonchev–Trinajstić information content (AvgIpc) is 3.15. The van der Waals surface area contributed by atoms with E-state index in [-0.39, 0.29) is 23.4 Å². The third-order valence-electron chi connectivity index (χ3n) is 5.57. The van der Waals surface area contributed by atoms with Crippen LogP contribution in [0.3, 0.4) is 0 Å². The van der Waals surface area contributed by atoms with Gasteiger partial charge in [0, 0.05) is 59.1 Å². The second kappa shape index (κ2) is 15.3. The van der Waals surface area contributed by atoms with Crippen molar-refractivity contribution in [3.63, 3.8) is 0 Å². The molecule has 0 aromatic heterocycles. The number of hydrogen-bond acceptors (Lipinski definition) is 10. The summed E-state index contributed by atoms with van der Waals surface area (Å²) < 4.78 is 5.28. The first kappa shape index (κ1) is 30.2. The Morgan fingerprint density at radius 2 is 2.03 bits per heavy atom. The maximum atomic E-state index is 12.7. The van der Waals surface area contributed by atoms with Crippen LogP contribution in [-0.4, -0.2) is 76.4 Å². The Labute approximate surface area is 237 Å². The molecule has 11 nitrogen and oxygen atoms in total. The number of amides is 2. The van der Waals surface area contributed by atoms with Gasteiger partial charge >= 0.3 is 0 Å². The van der Waals surface area contributed by atoms with Crippen LogP contribution in [0.5, 0.6) is 5.75 Å². The molecule has 0 saturated carbocycles. The van der Waals surface area contributed by atoms with Crippen LogP contribution in [0.4, 0.5) is 11.4 Å². The molecule has 2 aromatic carbocycles. The van der Waals surface area contributed by atoms with Gasteiger partial charge in [-0.3, -0.25) is 24.5 Å². The molecule has 0 unspecified atom stereocenters. The predicted octanol–water partition coefficient (Wildman–Crippen LogP) is 4.19. The molecule has 1 aliphatic heterocycles. The molecule has 1 heterocycles. The number of carbonyl (C=O) groups is 3. The van der Waals surface area contributed by atoms with Crippen LogP contribution < -0.4 is 10.1 Å². The summed E-state index contributed by atoms with van der Waals surface area (Å²) >= 11 is 1.66. The minimum Gasteiger partial charge on any atom is -0.497 e. The van der Waals surface area contributed by atoms with Gasteiger partial charge < -0.3 is 15.0 Å². The second-order valence-corrected chi connectivity index (χ2v) is 12.0. The molecule has 0 aliphatic carbocycles. The molecule has 206 valence electrons. The van der Waals surface area contributed by atoms with Crippen LogP contribution >= 0.6 is 33.3 Å². The number of benzene rings is 2. The summed E-state index contributed by atoms with van der Waals surface area (Å²) in [5.41, 5.74) is 0.789. The zero-order valence-corrected chi connectivity index (χ0v) is 23.7. The highest BCUT2D eigenvalue weighted by Crippen LogP contribution is 2.31. The molecule has 0 fully saturated rings. The lowest BCUT2D eigenvalue weighted by molar-refractivity contribution is -0.385. The topological polar surface area (TPSA) is 145 Å². The summed E-state index contributed by atoms with van der Waals surface area (Å²) in [4.78, 5) is 54.3. The normalized spacial score (nSPS) is 12.5. The zero-order valence-electron chi connectivity index (χ0n) is 21.3. The van der Waals surface area contributed by atoms with Gasteiger partial charge in [-0.15, -0.1) is 11.8 Å². The van der Waals surface area contributed by atoms with Gasteiger partial charge in [-0.25, -0.2) is 0 Å². The molecule has 0 saturated heterocycles. The van der Waals surface area contributed by atoms with E-state index in [1.54, 1.807) is 23.8 Å². The molecule has 2 amide bonds. The number of ether oxygens (including phenoxy) is 1. The molecule has 0 spiro atoms. The number of nitrogens with one attached hydrogen (secondary N) is 1. The van der Waals surface area contributed by atoms with Crippen molar-refractivity contribution in [1.82, 2.24) is 10.2 Å². The van der Waals surface area contributed by atoms with E-state index in [1.165, 1.54) is 39.8 Å². The first-order chi connectivity index (χ1) is 18.8. The number of rotatable bonds is 13. The Morgan fingerprint density at radius 1 is 1.23 bits per heavy atom. The van der Waals surface area contributed by atoms with E-state index in [4.69, 9.17) is 4.74 Å². The standard InChI is InChI=1S/C25H27N5O6S3/c1-26-28-18-5-7-20(21(15-18)30(34)35)24(32)27-9-12-39-38-11-3-4-22(31)25(33)29-10-13-37-23-8-6-19(36-2)14-17(23)16-29/h5-8,14-15H,1,3-4,9-13,16H2,2H3/p+1. The van der Waals surface area contributed by atoms with Crippen LogP contribution in [0.1, 0.15) is 28.8 Å². The van der Waals surface area contributed by atoms with Gasteiger partial charge in [0.25, 0.3) is 24.2 Å². The minimum atomic E-state index is -0.643. The third-order valence-corrected chi connectivity index (χ3v) is 9.16. The first-order valence-electron chi connectivity index (χ1n) is 11.9. The lowest BCUT2D eigenvalue weighted by Gasteiger charge is -2.20. The van der Waals surface area contributed by atoms with Crippen LogP contribution in [0.15, 0.2) is 46.4 Å². The average molecular weight is 591 g/mol. The highest BCUT2D eigenvalue weighted by molar-refractivity contribution is 8.76. The highest BCUT2D eigenvalue weighted by Gasteiger charge is 2.25. The van der Waals surface area contributed by atoms with Crippen molar-refractivity contribution in [2.24, 2.45) is 5.11 Å². The smallest absolute Gasteiger partial charge is 0.296 e. The number of nitro groups is 1. The quantitative estimate of drug-likeness (QED) is 0.0530. The fourth-order valence-electron chi connectivity index (χ4n) is 3.67. The van der Waals surface area contributed by atoms with Crippen molar-refractivity contribution in [1.29, 1.82) is 0 Å². The van der Waals surface area contributed by atoms with Gasteiger partial charge in [-0.05, 0) is 42.3 Å². The second-order valence-electron chi connectivity index (χ2n) is 8.18. The summed E-state index contributed by atoms with van der Waals surface area (Å²) in [6, 6.07) is 9.73. The largest absolute Gasteiger partial charge is 0.497 e. The number of nitrogens with zero attached hydrogens (tertiary/aromatic N) is 4. The molecule has 2 aromatic rings. The van der Waals surface area contributed by atoms with E-state index in [1.807, 2.05) is 18.2 Å². The van der Waals surface area contributed by atoms with Gasteiger partial charge in [0.05, 0.1) is 12.0 Å². The van der Waals surface area contributed by atoms with E-state index in [2.05, 4.69) is 21.9 Å². The number of fused-ring (bicyclic) bond motifs is 1. The van der Waals surface area contributed by atoms with E-state index in [9.17, 15) is 24.5 Å². The number of thioether (sulfide) groups is 1. The van der Waals surface area contributed by atoms with E-state index < -0.39 is 22.5 Å². The van der Waals surface area contributed by atoms with Crippen LogP contribution in [0, 0.1) is 10.1 Å². The lowest BCUT2D eigenvalue weighted by atomic mass is 10.1. The molecule has 0 bridgehead atoms. The van der Waals surface area contributed by atoms with Crippen LogP contribution in [-0.2, 0) is 16.1 Å². The molecule has 0 radical (unpaired) electrons. The number of hydrogen-bond donors (Lipinski definition) is 1. The molecular weight excluding hydrogens is 563 g/mol. The monoisotopic (exact) mass is 590 g/mol. The number of methoxy groups -OCH3 is 1. The fraction of sp³-hybridized carbons (Fsp3) is 0.360. The third kappa shape index (κ3) is 8.85. The van der Waals surface area contributed by atoms with Gasteiger partial charge in [0.1, 0.15) is 16.4 Å². The van der Waals surface area contributed by atoms with Gasteiger partial charge in [0.2, 0.25) is 5.78 Å². The van der Waals surface area contributed by atoms with E-state index in [0.29, 0.717) is 37.6 Å². The van der Waals surface area contributed by atoms with Gasteiger partial charge in [0.15, 0.2) is 5.69 Å². The van der Waals surface area contributed by atoms with Crippen molar-refractivity contribution >= 4 is 69.0 Å². The Kier molecular flexibility index (Phi) is 11.9. The van der Waals surface area contributed by atoms with Crippen LogP contribution in [0.2, 0.25) is 0 Å². The Bertz CT molecular complexity index is 1280. The molecule has 1 N–H and O–H groups in total. The first-order valence-corrected chi connectivity index (χ1v) is 15.4. The van der Waals surface area contributed by atoms with Crippen molar-refractivity contribution in [3.05, 3.63) is 57.6 Å². The molecule has 39 heavy (non-hydrogen) atoms. The Balaban J connectivity index is 1.35. The van der Waals surface area contributed by atoms with Gasteiger partial charge in [-0.2, -0.15) is 0 Å². The van der Waals surface area contributed by atoms with Crippen molar-refractivity contribution in [2.75, 3.05) is 37.5 Å². The number of nitro benzene ring substituents is 1. The summed E-state index contributed by atoms with van der Waals surface area (Å²) in [5, 5.41) is 17.6. The molecule has 14 heteroatoms. The summed E-state index contributed by atoms with van der Waals surface area (Å²) in [6.07, 6.45) is 0.732.